The van der Waals surface area contributed by atoms with Crippen molar-refractivity contribution < 1.29 is 13.2 Å². The van der Waals surface area contributed by atoms with Crippen LogP contribution in [0.3, 0.4) is 0 Å². The second-order valence-corrected chi connectivity index (χ2v) is 12.3. The van der Waals surface area contributed by atoms with Crippen LogP contribution in [0.2, 0.25) is 5.02 Å². The number of sulfonamides is 1. The average molecular weight is 532 g/mol. The highest BCUT2D eigenvalue weighted by molar-refractivity contribution is 7.92. The summed E-state index contributed by atoms with van der Waals surface area (Å²) < 4.78 is 27.1. The lowest BCUT2D eigenvalue weighted by Crippen LogP contribution is -2.26. The second kappa shape index (κ2) is 9.95. The van der Waals surface area contributed by atoms with Gasteiger partial charge < -0.3 is 0 Å². The van der Waals surface area contributed by atoms with Crippen molar-refractivity contribution in [3.05, 3.63) is 80.2 Å². The van der Waals surface area contributed by atoms with Gasteiger partial charge in [-0.25, -0.2) is 18.4 Å². The summed E-state index contributed by atoms with van der Waals surface area (Å²) in [5.41, 5.74) is 2.94. The van der Waals surface area contributed by atoms with Crippen LogP contribution in [0.5, 0.6) is 0 Å². The van der Waals surface area contributed by atoms with Crippen LogP contribution < -0.4 is 4.31 Å². The van der Waals surface area contributed by atoms with Gasteiger partial charge >= 0.3 is 0 Å². The van der Waals surface area contributed by atoms with Crippen molar-refractivity contribution in [2.24, 2.45) is 0 Å². The van der Waals surface area contributed by atoms with Crippen LogP contribution in [0.4, 0.5) is 5.69 Å². The van der Waals surface area contributed by atoms with Gasteiger partial charge in [-0.3, -0.25) is 9.10 Å². The smallest absolute Gasteiger partial charge is 0.264 e. The van der Waals surface area contributed by atoms with Gasteiger partial charge in [0, 0.05) is 18.8 Å². The van der Waals surface area contributed by atoms with Crippen molar-refractivity contribution >= 4 is 55.8 Å². The number of halogens is 1. The number of hydrogen-bond donors (Lipinski definition) is 0. The summed E-state index contributed by atoms with van der Waals surface area (Å²) in [7, 11) is -2.32. The molecular formula is C24H22ClN3O3S3. The highest BCUT2D eigenvalue weighted by Gasteiger charge is 2.23. The minimum absolute atomic E-state index is 0.0156. The number of para-hydroxylation sites is 1. The molecule has 0 unspecified atom stereocenters. The number of aryl methyl sites for hydroxylation is 2. The van der Waals surface area contributed by atoms with E-state index in [1.165, 1.54) is 30.5 Å². The Hall–Kier alpha value is -2.59. The molecule has 4 aromatic rings. The van der Waals surface area contributed by atoms with E-state index in [1.54, 1.807) is 47.7 Å². The predicted molar refractivity (Wildman–Crippen MR) is 139 cm³/mol. The molecule has 0 fully saturated rings. The van der Waals surface area contributed by atoms with E-state index in [0.29, 0.717) is 10.7 Å². The Labute approximate surface area is 211 Å². The number of nitrogens with zero attached hydrogens (tertiary/aromatic N) is 3. The van der Waals surface area contributed by atoms with Crippen molar-refractivity contribution in [1.82, 2.24) is 9.97 Å². The molecule has 0 atom stereocenters. The lowest BCUT2D eigenvalue weighted by molar-refractivity contribution is -0.117. The van der Waals surface area contributed by atoms with Gasteiger partial charge in [-0.2, -0.15) is 0 Å². The summed E-state index contributed by atoms with van der Waals surface area (Å²) in [6, 6.07) is 13.1. The monoisotopic (exact) mass is 531 g/mol. The number of ketones is 1. The Balaban J connectivity index is 1.42. The lowest BCUT2D eigenvalue weighted by atomic mass is 10.1. The number of thiazole rings is 2. The summed E-state index contributed by atoms with van der Waals surface area (Å²) in [5.74, 6) is 0.0156. The van der Waals surface area contributed by atoms with E-state index in [0.717, 1.165) is 36.1 Å². The summed E-state index contributed by atoms with van der Waals surface area (Å²) in [6.45, 7) is 3.92. The van der Waals surface area contributed by atoms with Crippen LogP contribution in [-0.4, -0.2) is 31.2 Å². The number of carbonyl (C=O) groups excluding carboxylic acids is 1. The van der Waals surface area contributed by atoms with Crippen molar-refractivity contribution in [3.63, 3.8) is 0 Å². The molecular weight excluding hydrogens is 510 g/mol. The summed E-state index contributed by atoms with van der Waals surface area (Å²) >= 11 is 9.21. The number of carbonyl (C=O) groups is 1. The largest absolute Gasteiger partial charge is 0.299 e. The zero-order valence-electron chi connectivity index (χ0n) is 18.8. The molecule has 2 aromatic carbocycles. The zero-order valence-corrected chi connectivity index (χ0v) is 22.0. The summed E-state index contributed by atoms with van der Waals surface area (Å²) in [6.07, 6.45) is 0.436. The van der Waals surface area contributed by atoms with E-state index in [9.17, 15) is 13.2 Å². The quantitative estimate of drug-likeness (QED) is 0.290. The van der Waals surface area contributed by atoms with Crippen LogP contribution in [-0.2, 0) is 27.7 Å². The molecule has 0 saturated heterocycles. The van der Waals surface area contributed by atoms with Crippen molar-refractivity contribution in [1.29, 1.82) is 0 Å². The average Bonchev–Trinajstić information content (AvgIpc) is 3.39. The van der Waals surface area contributed by atoms with E-state index in [2.05, 4.69) is 9.97 Å². The molecule has 4 rings (SSSR count). The normalized spacial score (nSPS) is 11.5. The third-order valence-corrected chi connectivity index (χ3v) is 9.26. The van der Waals surface area contributed by atoms with Crippen LogP contribution in [0, 0.1) is 13.8 Å². The molecule has 0 N–H and O–H groups in total. The van der Waals surface area contributed by atoms with Crippen LogP contribution >= 0.6 is 34.3 Å². The topological polar surface area (TPSA) is 80.2 Å². The van der Waals surface area contributed by atoms with Gasteiger partial charge in [-0.15, -0.1) is 22.7 Å². The second-order valence-electron chi connectivity index (χ2n) is 7.73. The fourth-order valence-corrected chi connectivity index (χ4v) is 6.79. The third-order valence-electron chi connectivity index (χ3n) is 5.21. The van der Waals surface area contributed by atoms with E-state index in [4.69, 9.17) is 11.6 Å². The Morgan fingerprint density at radius 1 is 1.03 bits per heavy atom. The Morgan fingerprint density at radius 3 is 2.38 bits per heavy atom. The highest BCUT2D eigenvalue weighted by atomic mass is 35.5. The van der Waals surface area contributed by atoms with Gasteiger partial charge in [-0.1, -0.05) is 35.9 Å². The maximum Gasteiger partial charge on any atom is 0.264 e. The first-order valence-electron chi connectivity index (χ1n) is 10.4. The molecule has 0 bridgehead atoms. The van der Waals surface area contributed by atoms with Gasteiger partial charge in [0.05, 0.1) is 43.3 Å². The maximum atomic E-state index is 13.0. The molecule has 0 spiro atoms. The number of anilines is 1. The highest BCUT2D eigenvalue weighted by Crippen LogP contribution is 2.31. The minimum Gasteiger partial charge on any atom is -0.299 e. The van der Waals surface area contributed by atoms with Gasteiger partial charge in [-0.05, 0) is 43.7 Å². The SMILES string of the molecule is Cc1nc(C)c(-c2csc(CC(=O)Cc3ccc(S(=O)(=O)N(C)c4ccccc4Cl)cc3)n2)s1. The van der Waals surface area contributed by atoms with Crippen molar-refractivity contribution in [3.8, 4) is 10.6 Å². The minimum atomic E-state index is -3.78. The first kappa shape index (κ1) is 24.5. The van der Waals surface area contributed by atoms with Gasteiger partial charge in [0.15, 0.2) is 0 Å². The molecule has 0 saturated carbocycles. The van der Waals surface area contributed by atoms with Gasteiger partial charge in [0.25, 0.3) is 10.0 Å². The molecule has 10 heteroatoms. The van der Waals surface area contributed by atoms with Crippen LogP contribution in [0.15, 0.2) is 58.8 Å². The number of benzene rings is 2. The molecule has 0 radical (unpaired) electrons. The van der Waals surface area contributed by atoms with Crippen LogP contribution in [0.1, 0.15) is 21.3 Å². The zero-order chi connectivity index (χ0) is 24.5. The molecule has 2 heterocycles. The molecule has 34 heavy (non-hydrogen) atoms. The number of rotatable bonds is 8. The molecule has 0 aliphatic carbocycles. The van der Waals surface area contributed by atoms with E-state index in [-0.39, 0.29) is 23.5 Å². The standard InChI is InChI=1S/C24H22ClN3O3S3/c1-15-24(33-16(2)26-15)21-14-32-23(27-21)13-18(29)12-17-8-10-19(11-9-17)34(30,31)28(3)22-7-5-4-6-20(22)25/h4-11,14H,12-13H2,1-3H3. The molecule has 0 aliphatic heterocycles. The first-order valence-corrected chi connectivity index (χ1v) is 13.9. The molecule has 6 nitrogen and oxygen atoms in total. The molecule has 0 aliphatic rings. The van der Waals surface area contributed by atoms with Crippen LogP contribution in [0.25, 0.3) is 10.6 Å². The Morgan fingerprint density at radius 2 is 1.74 bits per heavy atom. The van der Waals surface area contributed by atoms with E-state index in [1.807, 2.05) is 19.2 Å². The van der Waals surface area contributed by atoms with Gasteiger partial charge in [0.1, 0.15) is 10.8 Å². The van der Waals surface area contributed by atoms with Gasteiger partial charge in [0.2, 0.25) is 0 Å². The third kappa shape index (κ3) is 5.22. The van der Waals surface area contributed by atoms with Crippen molar-refractivity contribution in [2.75, 3.05) is 11.4 Å². The molecule has 2 aromatic heterocycles. The number of Topliss-reactive ketones (excluding diaryl/α,β-unsaturated/α-hetero) is 1. The molecule has 176 valence electrons. The first-order chi connectivity index (χ1) is 16.1. The summed E-state index contributed by atoms with van der Waals surface area (Å²) in [4.78, 5) is 22.8. The van der Waals surface area contributed by atoms with E-state index < -0.39 is 10.0 Å². The Kier molecular flexibility index (Phi) is 7.18. The number of aromatic nitrogens is 2. The fourth-order valence-electron chi connectivity index (χ4n) is 3.50. The molecule has 0 amide bonds. The Bertz CT molecular complexity index is 1440. The lowest BCUT2D eigenvalue weighted by Gasteiger charge is -2.20. The summed E-state index contributed by atoms with van der Waals surface area (Å²) in [5, 5.41) is 4.05. The van der Waals surface area contributed by atoms with Crippen molar-refractivity contribution in [2.45, 2.75) is 31.6 Å². The van der Waals surface area contributed by atoms with E-state index >= 15 is 0 Å². The fraction of sp³-hybridized carbons (Fsp3) is 0.208. The maximum absolute atomic E-state index is 13.0. The number of hydrogen-bond acceptors (Lipinski definition) is 7. The predicted octanol–water partition coefficient (Wildman–Crippen LogP) is 5.72.